The van der Waals surface area contributed by atoms with E-state index in [1.807, 2.05) is 12.2 Å². The van der Waals surface area contributed by atoms with E-state index in [2.05, 4.69) is 53.3 Å². The van der Waals surface area contributed by atoms with Crippen LogP contribution in [-0.4, -0.2) is 92.8 Å². The van der Waals surface area contributed by atoms with Crippen LogP contribution in [0.15, 0.2) is 48.6 Å². The first kappa shape index (κ1) is 59.0. The van der Waals surface area contributed by atoms with Crippen LogP contribution in [0.5, 0.6) is 0 Å². The van der Waals surface area contributed by atoms with Gasteiger partial charge in [-0.25, -0.2) is 9.13 Å². The monoisotopic (exact) mass is 910 g/mol. The summed E-state index contributed by atoms with van der Waals surface area (Å²) in [4.78, 5) is 52.8. The summed E-state index contributed by atoms with van der Waals surface area (Å²) in [5, 5.41) is 30.5. The van der Waals surface area contributed by atoms with E-state index in [1.54, 1.807) is 6.08 Å². The average molecular weight is 911 g/mol. The molecule has 0 fully saturated rings. The van der Waals surface area contributed by atoms with Gasteiger partial charge in [0.1, 0.15) is 12.7 Å². The molecule has 3 unspecified atom stereocenters. The molecule has 0 aromatic carbocycles. The van der Waals surface area contributed by atoms with Crippen LogP contribution in [0.2, 0.25) is 0 Å². The maximum absolute atomic E-state index is 12.7. The van der Waals surface area contributed by atoms with E-state index in [4.69, 9.17) is 23.8 Å². The Kier molecular flexibility index (Phi) is 38.3. The first-order chi connectivity index (χ1) is 29.2. The second-order valence-corrected chi connectivity index (χ2v) is 18.0. The summed E-state index contributed by atoms with van der Waals surface area (Å²) >= 11 is 0. The van der Waals surface area contributed by atoms with Crippen molar-refractivity contribution < 1.29 is 71.8 Å². The zero-order valence-electron chi connectivity index (χ0n) is 37.0. The standard InChI is InChI=1S/C44H80O15P2/c1-3-5-7-9-11-13-15-17-18-19-21-23-25-27-29-33-43(48)55-37-40(38-58-61(53,54)57-36-39(45)35-56-60(50,51)52)59-44(49)34-30-32-42(47)41(46)31-28-26-24-22-20-16-14-12-10-8-6-4-2/h12-15,20,22,26,28,39-42,45-47H,3-11,16-19,21,23-25,27,29-38H2,1-2H3,(H,53,54)(H2,50,51,52)/b14-12-,15-13-,22-20-,28-26-/t39-,40+,41?,42?/m0/s1. The Balaban J connectivity index is 4.75. The second kappa shape index (κ2) is 39.6. The van der Waals surface area contributed by atoms with Crippen molar-refractivity contribution in [3.8, 4) is 0 Å². The zero-order valence-corrected chi connectivity index (χ0v) is 38.8. The molecule has 5 atom stereocenters. The van der Waals surface area contributed by atoms with Crippen LogP contribution in [-0.2, 0) is 41.8 Å². The Labute approximate surface area is 365 Å². The van der Waals surface area contributed by atoms with Gasteiger partial charge in [-0.3, -0.25) is 23.2 Å². The second-order valence-electron chi connectivity index (χ2n) is 15.3. The van der Waals surface area contributed by atoms with Crippen molar-refractivity contribution in [2.75, 3.05) is 26.4 Å². The Hall–Kier alpha value is -2.00. The molecule has 0 aliphatic carbocycles. The first-order valence-corrected chi connectivity index (χ1v) is 25.5. The van der Waals surface area contributed by atoms with Gasteiger partial charge in [0, 0.05) is 12.8 Å². The van der Waals surface area contributed by atoms with Gasteiger partial charge in [-0.1, -0.05) is 127 Å². The number of rotatable bonds is 42. The van der Waals surface area contributed by atoms with Crippen LogP contribution < -0.4 is 0 Å². The van der Waals surface area contributed by atoms with E-state index in [0.29, 0.717) is 12.8 Å². The molecule has 0 rings (SSSR count). The summed E-state index contributed by atoms with van der Waals surface area (Å²) in [7, 11) is -9.79. The number of hydrogen-bond donors (Lipinski definition) is 6. The van der Waals surface area contributed by atoms with E-state index in [-0.39, 0.29) is 32.1 Å². The number of hydrogen-bond acceptors (Lipinski definition) is 12. The molecular weight excluding hydrogens is 830 g/mol. The van der Waals surface area contributed by atoms with Crippen molar-refractivity contribution in [2.45, 2.75) is 192 Å². The van der Waals surface area contributed by atoms with Gasteiger partial charge < -0.3 is 39.5 Å². The molecule has 0 bridgehead atoms. The number of aliphatic hydroxyl groups excluding tert-OH is 3. The van der Waals surface area contributed by atoms with Crippen molar-refractivity contribution in [1.82, 2.24) is 0 Å². The van der Waals surface area contributed by atoms with Crippen molar-refractivity contribution in [1.29, 1.82) is 0 Å². The molecule has 61 heavy (non-hydrogen) atoms. The number of phosphoric acid groups is 2. The lowest BCUT2D eigenvalue weighted by Crippen LogP contribution is -2.30. The number of carbonyl (C=O) groups excluding carboxylic acids is 2. The van der Waals surface area contributed by atoms with Crippen molar-refractivity contribution >= 4 is 27.6 Å². The smallest absolute Gasteiger partial charge is 0.462 e. The number of esters is 2. The van der Waals surface area contributed by atoms with E-state index in [0.717, 1.165) is 57.8 Å². The predicted octanol–water partition coefficient (Wildman–Crippen LogP) is 9.39. The minimum absolute atomic E-state index is 0.0924. The van der Waals surface area contributed by atoms with Crippen molar-refractivity contribution in [3.05, 3.63) is 48.6 Å². The number of unbranched alkanes of at least 4 members (excludes halogenated alkanes) is 14. The maximum atomic E-state index is 12.7. The van der Waals surface area contributed by atoms with Gasteiger partial charge in [0.2, 0.25) is 0 Å². The highest BCUT2D eigenvalue weighted by Gasteiger charge is 2.28. The quantitative estimate of drug-likeness (QED) is 0.0145. The predicted molar refractivity (Wildman–Crippen MR) is 237 cm³/mol. The topological polar surface area (TPSA) is 236 Å². The van der Waals surface area contributed by atoms with Crippen LogP contribution >= 0.6 is 15.6 Å². The molecule has 17 heteroatoms. The zero-order chi connectivity index (χ0) is 45.5. The Morgan fingerprint density at radius 1 is 0.525 bits per heavy atom. The van der Waals surface area contributed by atoms with Gasteiger partial charge in [0.25, 0.3) is 0 Å². The van der Waals surface area contributed by atoms with Gasteiger partial charge in [0.15, 0.2) is 6.10 Å². The molecule has 6 N–H and O–H groups in total. The summed E-state index contributed by atoms with van der Waals surface area (Å²) in [6.07, 6.45) is 32.7. The minimum Gasteiger partial charge on any atom is -0.462 e. The molecule has 0 aromatic rings. The third-order valence-corrected chi connectivity index (χ3v) is 10.8. The molecule has 0 saturated carbocycles. The molecule has 0 amide bonds. The van der Waals surface area contributed by atoms with Crippen molar-refractivity contribution in [2.24, 2.45) is 0 Å². The van der Waals surface area contributed by atoms with Crippen LogP contribution in [0.4, 0.5) is 0 Å². The van der Waals surface area contributed by atoms with Crippen molar-refractivity contribution in [3.63, 3.8) is 0 Å². The van der Waals surface area contributed by atoms with E-state index in [9.17, 15) is 38.9 Å². The van der Waals surface area contributed by atoms with Crippen LogP contribution in [0.25, 0.3) is 0 Å². The Bertz CT molecular complexity index is 1300. The number of ether oxygens (including phenoxy) is 2. The SMILES string of the molecule is CCCCC/C=C\C/C=C\C/C=C\CC(O)C(O)CCCC(=O)O[C@H](COC(=O)CCCCCCCCC/C=C\CCCCCC)COP(=O)(O)OC[C@@H](O)COP(=O)(O)O. The Morgan fingerprint density at radius 2 is 1.00 bits per heavy atom. The number of carbonyl (C=O) groups is 2. The highest BCUT2D eigenvalue weighted by Crippen LogP contribution is 2.43. The third kappa shape index (κ3) is 41.8. The minimum atomic E-state index is -4.90. The lowest BCUT2D eigenvalue weighted by Gasteiger charge is -2.21. The summed E-state index contributed by atoms with van der Waals surface area (Å²) in [6.45, 7) is 1.38. The number of allylic oxidation sites excluding steroid dienone is 7. The van der Waals surface area contributed by atoms with Gasteiger partial charge >= 0.3 is 27.6 Å². The molecule has 0 heterocycles. The molecule has 0 saturated heterocycles. The van der Waals surface area contributed by atoms with Gasteiger partial charge in [0.05, 0.1) is 32.0 Å². The van der Waals surface area contributed by atoms with Crippen LogP contribution in [0.3, 0.4) is 0 Å². The van der Waals surface area contributed by atoms with Crippen LogP contribution in [0.1, 0.15) is 168 Å². The molecular formula is C44H80O15P2. The number of phosphoric ester groups is 2. The molecule has 0 radical (unpaired) electrons. The number of aliphatic hydroxyl groups is 3. The van der Waals surface area contributed by atoms with Gasteiger partial charge in [-0.05, 0) is 77.0 Å². The largest absolute Gasteiger partial charge is 0.472 e. The maximum Gasteiger partial charge on any atom is 0.472 e. The highest BCUT2D eigenvalue weighted by atomic mass is 31.2. The lowest BCUT2D eigenvalue weighted by molar-refractivity contribution is -0.161. The molecule has 0 aliphatic heterocycles. The summed E-state index contributed by atoms with van der Waals surface area (Å²) in [5.41, 5.74) is 0. The fraction of sp³-hybridized carbons (Fsp3) is 0.773. The first-order valence-electron chi connectivity index (χ1n) is 22.5. The highest BCUT2D eigenvalue weighted by molar-refractivity contribution is 7.47. The average Bonchev–Trinajstić information content (AvgIpc) is 3.21. The third-order valence-electron chi connectivity index (χ3n) is 9.38. The van der Waals surface area contributed by atoms with E-state index >= 15 is 0 Å². The summed E-state index contributed by atoms with van der Waals surface area (Å²) in [6, 6.07) is 0. The molecule has 0 spiro atoms. The molecule has 356 valence electrons. The molecule has 0 aromatic heterocycles. The molecule has 0 aliphatic rings. The lowest BCUT2D eigenvalue weighted by atomic mass is 10.0. The Morgan fingerprint density at radius 3 is 1.62 bits per heavy atom. The molecule has 15 nitrogen and oxygen atoms in total. The van der Waals surface area contributed by atoms with Crippen LogP contribution in [0, 0.1) is 0 Å². The fourth-order valence-corrected chi connectivity index (χ4v) is 6.95. The fourth-order valence-electron chi connectivity index (χ4n) is 5.80. The van der Waals surface area contributed by atoms with Gasteiger partial charge in [-0.15, -0.1) is 0 Å². The summed E-state index contributed by atoms with van der Waals surface area (Å²) in [5.74, 6) is -1.32. The van der Waals surface area contributed by atoms with Gasteiger partial charge in [-0.2, -0.15) is 0 Å². The van der Waals surface area contributed by atoms with E-state index in [1.165, 1.54) is 51.4 Å². The van der Waals surface area contributed by atoms with E-state index < -0.39 is 78.4 Å². The normalized spacial score (nSPS) is 15.5. The summed E-state index contributed by atoms with van der Waals surface area (Å²) < 4.78 is 47.6.